The number of hydrazone groups is 1. The molecule has 4 rings (SSSR count). The van der Waals surface area contributed by atoms with E-state index in [1.165, 1.54) is 6.21 Å². The predicted molar refractivity (Wildman–Crippen MR) is 141 cm³/mol. The molecule has 1 aliphatic heterocycles. The summed E-state index contributed by atoms with van der Waals surface area (Å²) in [5, 5.41) is 25.5. The fourth-order valence-electron chi connectivity index (χ4n) is 3.74. The highest BCUT2D eigenvalue weighted by Crippen LogP contribution is 2.23. The Hall–Kier alpha value is -4.85. The number of hydrogen-bond acceptors (Lipinski definition) is 10. The molecule has 0 saturated carbocycles. The Morgan fingerprint density at radius 1 is 1.24 bits per heavy atom. The van der Waals surface area contributed by atoms with Crippen molar-refractivity contribution in [3.63, 3.8) is 0 Å². The zero-order valence-electron chi connectivity index (χ0n) is 20.5. The number of benzene rings is 1. The Labute approximate surface area is 214 Å². The molecule has 1 aliphatic rings. The number of carbonyl (C=O) groups is 1. The average molecular weight is 498 g/mol. The van der Waals surface area contributed by atoms with Crippen molar-refractivity contribution in [3.8, 4) is 17.3 Å². The van der Waals surface area contributed by atoms with Crippen LogP contribution in [0.5, 0.6) is 0 Å². The van der Waals surface area contributed by atoms with Crippen LogP contribution in [0.25, 0.3) is 11.3 Å². The van der Waals surface area contributed by atoms with Crippen molar-refractivity contribution in [2.24, 2.45) is 21.9 Å². The average Bonchev–Trinajstić information content (AvgIpc) is 2.85. The standard InChI is InChI=1S/C26H27N9O2/c1-16(2)30-26-32-21(18-6-3-5-17(9-18)11-27)10-22(33-26)23(34-28)13-29-12-20-7-4-8-24(31-20)35-14-19(15-35)25(36)37/h3-10,13,16,19H,12,14-15,28H2,1-2H3,(H,36,37)(H,30,32,33). The molecule has 1 fully saturated rings. The van der Waals surface area contributed by atoms with E-state index in [9.17, 15) is 10.1 Å². The van der Waals surface area contributed by atoms with Crippen LogP contribution in [0.2, 0.25) is 0 Å². The van der Waals surface area contributed by atoms with Gasteiger partial charge in [0.1, 0.15) is 11.5 Å². The fourth-order valence-corrected chi connectivity index (χ4v) is 3.74. The van der Waals surface area contributed by atoms with Crippen molar-refractivity contribution in [3.05, 3.63) is 65.5 Å². The quantitative estimate of drug-likeness (QED) is 0.229. The summed E-state index contributed by atoms with van der Waals surface area (Å²) >= 11 is 0. The molecule has 1 aromatic carbocycles. The second kappa shape index (κ2) is 11.3. The summed E-state index contributed by atoms with van der Waals surface area (Å²) < 4.78 is 0. The maximum Gasteiger partial charge on any atom is 0.310 e. The Bertz CT molecular complexity index is 1390. The summed E-state index contributed by atoms with van der Waals surface area (Å²) in [6, 6.07) is 16.7. The highest BCUT2D eigenvalue weighted by atomic mass is 16.4. The topological polar surface area (TPSA) is 166 Å². The molecule has 3 aromatic rings. The van der Waals surface area contributed by atoms with Gasteiger partial charge in [-0.3, -0.25) is 9.79 Å². The SMILES string of the molecule is CC(C)Nc1nc(C(C=NCc2cccc(N3CC(C(=O)O)C3)n2)=NN)cc(-c2cccc(C#N)c2)n1. The lowest BCUT2D eigenvalue weighted by Crippen LogP contribution is -2.50. The molecule has 0 aliphatic carbocycles. The van der Waals surface area contributed by atoms with Gasteiger partial charge in [0.15, 0.2) is 0 Å². The summed E-state index contributed by atoms with van der Waals surface area (Å²) in [7, 11) is 0. The van der Waals surface area contributed by atoms with Crippen molar-refractivity contribution < 1.29 is 9.90 Å². The van der Waals surface area contributed by atoms with Gasteiger partial charge in [0.25, 0.3) is 0 Å². The van der Waals surface area contributed by atoms with E-state index >= 15 is 0 Å². The molecule has 0 spiro atoms. The zero-order valence-corrected chi connectivity index (χ0v) is 20.5. The van der Waals surface area contributed by atoms with Gasteiger partial charge in [0.2, 0.25) is 5.95 Å². The third-order valence-corrected chi connectivity index (χ3v) is 5.65. The first-order valence-corrected chi connectivity index (χ1v) is 11.7. The van der Waals surface area contributed by atoms with Crippen LogP contribution in [0.15, 0.2) is 58.6 Å². The zero-order chi connectivity index (χ0) is 26.4. The van der Waals surface area contributed by atoms with E-state index in [1.54, 1.807) is 24.3 Å². The first kappa shape index (κ1) is 25.2. The lowest BCUT2D eigenvalue weighted by atomic mass is 10.0. The molecule has 188 valence electrons. The van der Waals surface area contributed by atoms with E-state index in [-0.39, 0.29) is 18.5 Å². The molecule has 3 heterocycles. The van der Waals surface area contributed by atoms with E-state index in [0.717, 1.165) is 17.1 Å². The van der Waals surface area contributed by atoms with Crippen LogP contribution in [0.4, 0.5) is 11.8 Å². The van der Waals surface area contributed by atoms with Crippen molar-refractivity contribution in [1.29, 1.82) is 5.26 Å². The number of nitrogens with one attached hydrogen (secondary N) is 1. The largest absolute Gasteiger partial charge is 0.481 e. The van der Waals surface area contributed by atoms with Crippen LogP contribution in [-0.2, 0) is 11.3 Å². The molecule has 0 atom stereocenters. The van der Waals surface area contributed by atoms with E-state index in [2.05, 4.69) is 36.4 Å². The van der Waals surface area contributed by atoms with Gasteiger partial charge in [0, 0.05) is 24.7 Å². The molecule has 0 amide bonds. The third-order valence-electron chi connectivity index (χ3n) is 5.65. The number of nitrogens with two attached hydrogens (primary N) is 1. The van der Waals surface area contributed by atoms with E-state index < -0.39 is 5.97 Å². The molecule has 11 heteroatoms. The molecular weight excluding hydrogens is 470 g/mol. The maximum atomic E-state index is 11.1. The molecule has 11 nitrogen and oxygen atoms in total. The molecule has 37 heavy (non-hydrogen) atoms. The van der Waals surface area contributed by atoms with Crippen LogP contribution in [0.3, 0.4) is 0 Å². The van der Waals surface area contributed by atoms with Gasteiger partial charge >= 0.3 is 5.97 Å². The predicted octanol–water partition coefficient (Wildman–Crippen LogP) is 2.69. The summed E-state index contributed by atoms with van der Waals surface area (Å²) in [5.74, 6) is 5.68. The van der Waals surface area contributed by atoms with Gasteiger partial charge in [-0.05, 0) is 44.2 Å². The lowest BCUT2D eigenvalue weighted by Gasteiger charge is -2.37. The van der Waals surface area contributed by atoms with E-state index in [4.69, 9.17) is 10.9 Å². The molecule has 0 unspecified atom stereocenters. The first-order valence-electron chi connectivity index (χ1n) is 11.7. The summed E-state index contributed by atoms with van der Waals surface area (Å²) in [6.45, 7) is 5.13. The Balaban J connectivity index is 1.54. The molecular formula is C26H27N9O2. The minimum absolute atomic E-state index is 0.0935. The number of nitrogens with zero attached hydrogens (tertiary/aromatic N) is 7. The second-order valence-corrected chi connectivity index (χ2v) is 8.87. The number of nitriles is 1. The molecule has 0 radical (unpaired) electrons. The Morgan fingerprint density at radius 2 is 2.03 bits per heavy atom. The number of hydrogen-bond donors (Lipinski definition) is 3. The van der Waals surface area contributed by atoms with E-state index in [0.29, 0.717) is 41.7 Å². The minimum atomic E-state index is -0.789. The van der Waals surface area contributed by atoms with E-state index in [1.807, 2.05) is 43.0 Å². The van der Waals surface area contributed by atoms with Gasteiger partial charge in [-0.2, -0.15) is 10.4 Å². The number of carboxylic acid groups (broad SMARTS) is 1. The van der Waals surface area contributed by atoms with Crippen molar-refractivity contribution in [1.82, 2.24) is 15.0 Å². The minimum Gasteiger partial charge on any atom is -0.481 e. The Morgan fingerprint density at radius 3 is 2.73 bits per heavy atom. The van der Waals surface area contributed by atoms with Gasteiger partial charge < -0.3 is 21.2 Å². The number of pyridine rings is 1. The van der Waals surface area contributed by atoms with Crippen LogP contribution in [0.1, 0.15) is 30.8 Å². The summed E-state index contributed by atoms with van der Waals surface area (Å²) in [5.41, 5.74) is 3.46. The Kier molecular flexibility index (Phi) is 7.68. The molecule has 0 bridgehead atoms. The van der Waals surface area contributed by atoms with Gasteiger partial charge in [-0.25, -0.2) is 15.0 Å². The van der Waals surface area contributed by atoms with Crippen LogP contribution in [-0.4, -0.2) is 57.1 Å². The highest BCUT2D eigenvalue weighted by molar-refractivity contribution is 6.37. The third kappa shape index (κ3) is 6.24. The number of carboxylic acids is 1. The van der Waals surface area contributed by atoms with Crippen molar-refractivity contribution in [2.75, 3.05) is 23.3 Å². The molecule has 4 N–H and O–H groups in total. The van der Waals surface area contributed by atoms with Crippen molar-refractivity contribution >= 4 is 29.7 Å². The lowest BCUT2D eigenvalue weighted by molar-refractivity contribution is -0.142. The molecule has 1 saturated heterocycles. The van der Waals surface area contributed by atoms with Crippen LogP contribution >= 0.6 is 0 Å². The van der Waals surface area contributed by atoms with Gasteiger partial charge in [0.05, 0.1) is 47.4 Å². The number of aliphatic carboxylic acids is 1. The molecule has 2 aromatic heterocycles. The monoisotopic (exact) mass is 497 g/mol. The first-order chi connectivity index (χ1) is 17.9. The number of anilines is 2. The van der Waals surface area contributed by atoms with Gasteiger partial charge in [-0.1, -0.05) is 18.2 Å². The highest BCUT2D eigenvalue weighted by Gasteiger charge is 2.33. The normalized spacial score (nSPS) is 14.0. The summed E-state index contributed by atoms with van der Waals surface area (Å²) in [6.07, 6.45) is 1.54. The number of aromatic nitrogens is 3. The smallest absolute Gasteiger partial charge is 0.310 e. The van der Waals surface area contributed by atoms with Gasteiger partial charge in [-0.15, -0.1) is 0 Å². The maximum absolute atomic E-state index is 11.1. The summed E-state index contributed by atoms with van der Waals surface area (Å²) in [4.78, 5) is 31.2. The van der Waals surface area contributed by atoms with Crippen LogP contribution in [0, 0.1) is 17.2 Å². The second-order valence-electron chi connectivity index (χ2n) is 8.87. The fraction of sp³-hybridized carbons (Fsp3) is 0.269. The number of aliphatic imine (C=N–C) groups is 1. The number of rotatable bonds is 9. The van der Waals surface area contributed by atoms with Crippen molar-refractivity contribution in [2.45, 2.75) is 26.4 Å². The van der Waals surface area contributed by atoms with Crippen LogP contribution < -0.4 is 16.1 Å².